The van der Waals surface area contributed by atoms with E-state index in [9.17, 15) is 9.90 Å². The van der Waals surface area contributed by atoms with Crippen LogP contribution in [0.5, 0.6) is 11.5 Å². The van der Waals surface area contributed by atoms with Gasteiger partial charge in [0.05, 0.1) is 6.04 Å². The fourth-order valence-electron chi connectivity index (χ4n) is 3.92. The molecule has 1 heterocycles. The van der Waals surface area contributed by atoms with Crippen LogP contribution in [0.2, 0.25) is 0 Å². The largest absolute Gasteiger partial charge is 0.508 e. The molecular weight excluding hydrogens is 376 g/mol. The number of nitrogens with zero attached hydrogens (tertiary/aromatic N) is 2. The molecule has 0 aliphatic carbocycles. The van der Waals surface area contributed by atoms with E-state index in [1.165, 1.54) is 17.2 Å². The summed E-state index contributed by atoms with van der Waals surface area (Å²) in [5.41, 5.74) is 2.52. The van der Waals surface area contributed by atoms with Crippen molar-refractivity contribution in [3.63, 3.8) is 0 Å². The van der Waals surface area contributed by atoms with E-state index in [4.69, 9.17) is 4.74 Å². The van der Waals surface area contributed by atoms with E-state index in [0.29, 0.717) is 18.8 Å². The number of carbonyl (C=O) groups is 1. The second-order valence-electron chi connectivity index (χ2n) is 7.43. The van der Waals surface area contributed by atoms with Crippen LogP contribution in [-0.2, 0) is 4.79 Å². The van der Waals surface area contributed by atoms with Crippen LogP contribution < -0.4 is 4.74 Å². The zero-order valence-corrected chi connectivity index (χ0v) is 16.9. The van der Waals surface area contributed by atoms with E-state index in [1.807, 2.05) is 17.0 Å². The summed E-state index contributed by atoms with van der Waals surface area (Å²) in [5.74, 6) is 0.589. The van der Waals surface area contributed by atoms with Gasteiger partial charge >= 0.3 is 0 Å². The third kappa shape index (κ3) is 4.81. The second kappa shape index (κ2) is 9.46. The summed E-state index contributed by atoms with van der Waals surface area (Å²) < 4.78 is 5.55. The van der Waals surface area contributed by atoms with Gasteiger partial charge in [-0.3, -0.25) is 9.69 Å². The maximum absolute atomic E-state index is 12.6. The molecule has 0 unspecified atom stereocenters. The van der Waals surface area contributed by atoms with Crippen LogP contribution in [0, 0.1) is 0 Å². The molecule has 4 rings (SSSR count). The molecule has 0 spiro atoms. The first kappa shape index (κ1) is 20.0. The fourth-order valence-corrected chi connectivity index (χ4v) is 3.92. The number of hydrogen-bond acceptors (Lipinski definition) is 4. The normalized spacial score (nSPS) is 14.6. The van der Waals surface area contributed by atoms with E-state index >= 15 is 0 Å². The molecule has 30 heavy (non-hydrogen) atoms. The predicted octanol–water partition coefficient (Wildman–Crippen LogP) is 3.70. The molecule has 0 aromatic heterocycles. The summed E-state index contributed by atoms with van der Waals surface area (Å²) in [5, 5.41) is 9.52. The van der Waals surface area contributed by atoms with Crippen molar-refractivity contribution in [2.75, 3.05) is 32.8 Å². The first-order valence-corrected chi connectivity index (χ1v) is 10.2. The van der Waals surface area contributed by atoms with E-state index in [0.717, 1.165) is 13.1 Å². The Labute approximate surface area is 177 Å². The number of hydrogen-bond donors (Lipinski definition) is 1. The molecule has 5 nitrogen and oxygen atoms in total. The smallest absolute Gasteiger partial charge is 0.260 e. The topological polar surface area (TPSA) is 53.0 Å². The minimum Gasteiger partial charge on any atom is -0.508 e. The Morgan fingerprint density at radius 2 is 1.43 bits per heavy atom. The SMILES string of the molecule is O=C(COc1cccc(O)c1)N1CCN(C(c2ccccc2)c2ccccc2)CC1. The Morgan fingerprint density at radius 1 is 0.833 bits per heavy atom. The number of phenolic OH excluding ortho intramolecular Hbond substituents is 1. The van der Waals surface area contributed by atoms with Crippen molar-refractivity contribution in [2.45, 2.75) is 6.04 Å². The van der Waals surface area contributed by atoms with Gasteiger partial charge in [-0.1, -0.05) is 66.7 Å². The number of aromatic hydroxyl groups is 1. The van der Waals surface area contributed by atoms with Crippen molar-refractivity contribution >= 4 is 5.91 Å². The van der Waals surface area contributed by atoms with E-state index in [2.05, 4.69) is 53.4 Å². The summed E-state index contributed by atoms with van der Waals surface area (Å²) in [6.45, 7) is 2.90. The molecule has 5 heteroatoms. The molecule has 1 saturated heterocycles. The summed E-state index contributed by atoms with van der Waals surface area (Å²) in [6, 6.07) is 27.7. The molecule has 0 saturated carbocycles. The van der Waals surface area contributed by atoms with Crippen molar-refractivity contribution in [1.82, 2.24) is 9.80 Å². The van der Waals surface area contributed by atoms with Gasteiger partial charge < -0.3 is 14.7 Å². The number of ether oxygens (including phenoxy) is 1. The molecule has 1 aliphatic rings. The molecule has 3 aromatic rings. The fraction of sp³-hybridized carbons (Fsp3) is 0.240. The average Bonchev–Trinajstić information content (AvgIpc) is 2.80. The Bertz CT molecular complexity index is 915. The maximum Gasteiger partial charge on any atom is 0.260 e. The van der Waals surface area contributed by atoms with Gasteiger partial charge in [0.25, 0.3) is 5.91 Å². The van der Waals surface area contributed by atoms with Gasteiger partial charge in [-0.25, -0.2) is 0 Å². The molecular formula is C25H26N2O3. The highest BCUT2D eigenvalue weighted by Crippen LogP contribution is 2.29. The molecule has 1 fully saturated rings. The lowest BCUT2D eigenvalue weighted by atomic mass is 9.96. The van der Waals surface area contributed by atoms with Gasteiger partial charge in [0.1, 0.15) is 11.5 Å². The first-order chi connectivity index (χ1) is 14.7. The third-order valence-corrected chi connectivity index (χ3v) is 5.44. The molecule has 0 atom stereocenters. The molecule has 3 aromatic carbocycles. The summed E-state index contributed by atoms with van der Waals surface area (Å²) in [4.78, 5) is 16.9. The van der Waals surface area contributed by atoms with Crippen LogP contribution in [0.3, 0.4) is 0 Å². The number of amides is 1. The number of phenols is 1. The monoisotopic (exact) mass is 402 g/mol. The van der Waals surface area contributed by atoms with E-state index < -0.39 is 0 Å². The lowest BCUT2D eigenvalue weighted by Crippen LogP contribution is -2.51. The Morgan fingerprint density at radius 3 is 2.00 bits per heavy atom. The number of piperazine rings is 1. The highest BCUT2D eigenvalue weighted by molar-refractivity contribution is 5.78. The van der Waals surface area contributed by atoms with Crippen molar-refractivity contribution in [3.05, 3.63) is 96.1 Å². The molecule has 154 valence electrons. The molecule has 0 radical (unpaired) electrons. The first-order valence-electron chi connectivity index (χ1n) is 10.2. The highest BCUT2D eigenvalue weighted by atomic mass is 16.5. The third-order valence-electron chi connectivity index (χ3n) is 5.44. The zero-order chi connectivity index (χ0) is 20.8. The minimum absolute atomic E-state index is 0.0236. The Balaban J connectivity index is 1.39. The molecule has 1 N–H and O–H groups in total. The van der Waals surface area contributed by atoms with Crippen LogP contribution in [0.4, 0.5) is 0 Å². The summed E-state index contributed by atoms with van der Waals surface area (Å²) in [7, 11) is 0. The van der Waals surface area contributed by atoms with Crippen LogP contribution >= 0.6 is 0 Å². The van der Waals surface area contributed by atoms with Crippen molar-refractivity contribution in [1.29, 1.82) is 0 Å². The predicted molar refractivity (Wildman–Crippen MR) is 116 cm³/mol. The maximum atomic E-state index is 12.6. The molecule has 1 amide bonds. The second-order valence-corrected chi connectivity index (χ2v) is 7.43. The Hall–Kier alpha value is -3.31. The lowest BCUT2D eigenvalue weighted by Gasteiger charge is -2.39. The van der Waals surface area contributed by atoms with Crippen molar-refractivity contribution < 1.29 is 14.6 Å². The van der Waals surface area contributed by atoms with Crippen LogP contribution in [0.15, 0.2) is 84.9 Å². The number of rotatable bonds is 6. The van der Waals surface area contributed by atoms with Gasteiger partial charge in [0.2, 0.25) is 0 Å². The van der Waals surface area contributed by atoms with Gasteiger partial charge in [-0.05, 0) is 23.3 Å². The number of benzene rings is 3. The lowest BCUT2D eigenvalue weighted by molar-refractivity contribution is -0.135. The van der Waals surface area contributed by atoms with Gasteiger partial charge in [0.15, 0.2) is 6.61 Å². The average molecular weight is 402 g/mol. The Kier molecular flexibility index (Phi) is 6.30. The standard InChI is InChI=1S/C25H26N2O3/c28-22-12-7-13-23(18-22)30-19-24(29)26-14-16-27(17-15-26)25(20-8-3-1-4-9-20)21-10-5-2-6-11-21/h1-13,18,25,28H,14-17,19H2. The van der Waals surface area contributed by atoms with E-state index in [-0.39, 0.29) is 24.3 Å². The highest BCUT2D eigenvalue weighted by Gasteiger charge is 2.28. The van der Waals surface area contributed by atoms with Gasteiger partial charge in [-0.15, -0.1) is 0 Å². The van der Waals surface area contributed by atoms with Gasteiger partial charge in [-0.2, -0.15) is 0 Å². The van der Waals surface area contributed by atoms with Crippen LogP contribution in [0.1, 0.15) is 17.2 Å². The summed E-state index contributed by atoms with van der Waals surface area (Å²) in [6.07, 6.45) is 0. The quantitative estimate of drug-likeness (QED) is 0.683. The minimum atomic E-state index is -0.0334. The molecule has 1 aliphatic heterocycles. The van der Waals surface area contributed by atoms with Crippen molar-refractivity contribution in [2.24, 2.45) is 0 Å². The van der Waals surface area contributed by atoms with Crippen LogP contribution in [-0.4, -0.2) is 53.6 Å². The zero-order valence-electron chi connectivity index (χ0n) is 16.9. The summed E-state index contributed by atoms with van der Waals surface area (Å²) >= 11 is 0. The number of carbonyl (C=O) groups excluding carboxylic acids is 1. The van der Waals surface area contributed by atoms with Gasteiger partial charge in [0, 0.05) is 32.2 Å². The van der Waals surface area contributed by atoms with Crippen LogP contribution in [0.25, 0.3) is 0 Å². The van der Waals surface area contributed by atoms with Crippen molar-refractivity contribution in [3.8, 4) is 11.5 Å². The molecule has 0 bridgehead atoms. The van der Waals surface area contributed by atoms with E-state index in [1.54, 1.807) is 18.2 Å².